The third kappa shape index (κ3) is 7.16. The molecule has 202 valence electrons. The minimum absolute atomic E-state index is 0.00268. The molecule has 2 aromatic carbocycles. The van der Waals surface area contributed by atoms with Gasteiger partial charge in [-0.1, -0.05) is 47.5 Å². The molecule has 7 nitrogen and oxygen atoms in total. The van der Waals surface area contributed by atoms with E-state index in [9.17, 15) is 9.59 Å². The van der Waals surface area contributed by atoms with Crippen molar-refractivity contribution in [1.29, 1.82) is 0 Å². The Balaban J connectivity index is 1.37. The standard InChI is InChI=1S/C29H34Cl2N4O3/c1-3-38-29(37)26-18-32-27(33-26)20-11-14-35(15-12-20)16-13-23(22-9-10-24(30)25(31)17-22)19-34(2)28(36)21-7-5-4-6-8-21/h4-10,17-18,20,23H,3,11-16,19H2,1-2H3,(H,32,33). The van der Waals surface area contributed by atoms with Crippen molar-refractivity contribution in [2.45, 2.75) is 38.0 Å². The Morgan fingerprint density at radius 1 is 1.13 bits per heavy atom. The van der Waals surface area contributed by atoms with Gasteiger partial charge in [0.05, 0.1) is 16.7 Å². The van der Waals surface area contributed by atoms with Gasteiger partial charge in [0.2, 0.25) is 0 Å². The van der Waals surface area contributed by atoms with Crippen molar-refractivity contribution in [1.82, 2.24) is 19.8 Å². The average molecular weight is 558 g/mol. The average Bonchev–Trinajstić information content (AvgIpc) is 3.43. The van der Waals surface area contributed by atoms with Gasteiger partial charge in [0.1, 0.15) is 5.82 Å². The summed E-state index contributed by atoms with van der Waals surface area (Å²) in [4.78, 5) is 36.8. The SMILES string of the molecule is CCOC(=O)c1c[nH]c(C2CCN(CCC(CN(C)C(=O)c3ccccc3)c3ccc(Cl)c(Cl)c3)CC2)n1. The molecule has 1 aliphatic heterocycles. The molecule has 1 saturated heterocycles. The molecule has 0 saturated carbocycles. The van der Waals surface area contributed by atoms with E-state index in [0.29, 0.717) is 34.5 Å². The largest absolute Gasteiger partial charge is 0.461 e. The van der Waals surface area contributed by atoms with Gasteiger partial charge in [0.25, 0.3) is 5.91 Å². The van der Waals surface area contributed by atoms with E-state index in [0.717, 1.165) is 50.3 Å². The summed E-state index contributed by atoms with van der Waals surface area (Å²) in [5.74, 6) is 0.850. The van der Waals surface area contributed by atoms with Crippen LogP contribution in [0.4, 0.5) is 0 Å². The van der Waals surface area contributed by atoms with Gasteiger partial charge in [-0.15, -0.1) is 0 Å². The zero-order chi connectivity index (χ0) is 27.1. The van der Waals surface area contributed by atoms with Gasteiger partial charge in [-0.05, 0) is 75.6 Å². The Kier molecular flexibility index (Phi) is 9.83. The maximum absolute atomic E-state index is 13.0. The van der Waals surface area contributed by atoms with Crippen LogP contribution >= 0.6 is 23.2 Å². The van der Waals surface area contributed by atoms with Crippen LogP contribution in [0.5, 0.6) is 0 Å². The van der Waals surface area contributed by atoms with E-state index in [-0.39, 0.29) is 17.7 Å². The first-order valence-corrected chi connectivity index (χ1v) is 13.8. The number of piperidine rings is 1. The van der Waals surface area contributed by atoms with Crippen LogP contribution in [0.1, 0.15) is 70.3 Å². The second-order valence-electron chi connectivity index (χ2n) is 9.72. The summed E-state index contributed by atoms with van der Waals surface area (Å²) in [5.41, 5.74) is 2.08. The van der Waals surface area contributed by atoms with Crippen molar-refractivity contribution >= 4 is 35.1 Å². The first-order valence-electron chi connectivity index (χ1n) is 13.1. The number of nitrogens with zero attached hydrogens (tertiary/aromatic N) is 3. The maximum Gasteiger partial charge on any atom is 0.358 e. The number of hydrogen-bond acceptors (Lipinski definition) is 5. The molecule has 1 amide bonds. The number of carbonyl (C=O) groups excluding carboxylic acids is 2. The number of likely N-dealkylation sites (N-methyl/N-ethyl adjacent to an activating group) is 1. The third-order valence-electron chi connectivity index (χ3n) is 7.13. The zero-order valence-corrected chi connectivity index (χ0v) is 23.3. The molecule has 1 atom stereocenters. The van der Waals surface area contributed by atoms with E-state index in [1.54, 1.807) is 18.0 Å². The molecule has 1 aromatic heterocycles. The van der Waals surface area contributed by atoms with Crippen LogP contribution in [0.25, 0.3) is 0 Å². The monoisotopic (exact) mass is 556 g/mol. The van der Waals surface area contributed by atoms with Crippen molar-refractivity contribution in [3.05, 3.63) is 87.4 Å². The molecule has 0 radical (unpaired) electrons. The van der Waals surface area contributed by atoms with E-state index in [1.165, 1.54) is 0 Å². The lowest BCUT2D eigenvalue weighted by Crippen LogP contribution is -2.36. The smallest absolute Gasteiger partial charge is 0.358 e. The van der Waals surface area contributed by atoms with Crippen molar-refractivity contribution in [2.75, 3.05) is 39.8 Å². The minimum atomic E-state index is -0.392. The normalized spacial score (nSPS) is 15.3. The predicted molar refractivity (Wildman–Crippen MR) is 150 cm³/mol. The molecule has 4 rings (SSSR count). The highest BCUT2D eigenvalue weighted by atomic mass is 35.5. The highest BCUT2D eigenvalue weighted by Crippen LogP contribution is 2.31. The van der Waals surface area contributed by atoms with Crippen molar-refractivity contribution < 1.29 is 14.3 Å². The first-order chi connectivity index (χ1) is 18.4. The number of aromatic nitrogens is 2. The van der Waals surface area contributed by atoms with Crippen LogP contribution in [0.2, 0.25) is 10.0 Å². The Labute approximate surface area is 234 Å². The molecule has 9 heteroatoms. The quantitative estimate of drug-likeness (QED) is 0.309. The molecular weight excluding hydrogens is 523 g/mol. The molecule has 1 N–H and O–H groups in total. The van der Waals surface area contributed by atoms with Crippen molar-refractivity contribution in [3.8, 4) is 0 Å². The van der Waals surface area contributed by atoms with E-state index in [4.69, 9.17) is 27.9 Å². The summed E-state index contributed by atoms with van der Waals surface area (Å²) < 4.78 is 5.05. The molecule has 1 aliphatic rings. The Bertz CT molecular complexity index is 1230. The topological polar surface area (TPSA) is 78.5 Å². The fourth-order valence-electron chi connectivity index (χ4n) is 4.97. The van der Waals surface area contributed by atoms with E-state index in [1.807, 2.05) is 55.6 Å². The highest BCUT2D eigenvalue weighted by Gasteiger charge is 2.26. The van der Waals surface area contributed by atoms with Gasteiger partial charge in [0, 0.05) is 37.2 Å². The fraction of sp³-hybridized carbons (Fsp3) is 0.414. The molecule has 2 heterocycles. The minimum Gasteiger partial charge on any atom is -0.461 e. The van der Waals surface area contributed by atoms with E-state index >= 15 is 0 Å². The Morgan fingerprint density at radius 2 is 1.87 bits per heavy atom. The molecule has 1 fully saturated rings. The zero-order valence-electron chi connectivity index (χ0n) is 21.8. The van der Waals surface area contributed by atoms with Gasteiger partial charge >= 0.3 is 5.97 Å². The van der Waals surface area contributed by atoms with Crippen LogP contribution in [-0.2, 0) is 4.74 Å². The van der Waals surface area contributed by atoms with Gasteiger partial charge in [-0.2, -0.15) is 0 Å². The van der Waals surface area contributed by atoms with Gasteiger partial charge < -0.3 is 19.5 Å². The number of amides is 1. The number of hydrogen-bond donors (Lipinski definition) is 1. The lowest BCUT2D eigenvalue weighted by Gasteiger charge is -2.33. The second-order valence-corrected chi connectivity index (χ2v) is 10.5. The molecule has 38 heavy (non-hydrogen) atoms. The van der Waals surface area contributed by atoms with Gasteiger partial charge in [-0.25, -0.2) is 9.78 Å². The maximum atomic E-state index is 13.0. The van der Waals surface area contributed by atoms with Crippen molar-refractivity contribution in [3.63, 3.8) is 0 Å². The number of H-pyrrole nitrogens is 1. The number of rotatable bonds is 10. The van der Waals surface area contributed by atoms with Gasteiger partial charge in [0.15, 0.2) is 5.69 Å². The van der Waals surface area contributed by atoms with Crippen molar-refractivity contribution in [2.24, 2.45) is 0 Å². The number of aromatic amines is 1. The summed E-state index contributed by atoms with van der Waals surface area (Å²) in [6.07, 6.45) is 4.43. The summed E-state index contributed by atoms with van der Waals surface area (Å²) >= 11 is 12.5. The fourth-order valence-corrected chi connectivity index (χ4v) is 5.27. The molecule has 0 spiro atoms. The predicted octanol–water partition coefficient (Wildman–Crippen LogP) is 6.02. The lowest BCUT2D eigenvalue weighted by molar-refractivity contribution is 0.0519. The summed E-state index contributed by atoms with van der Waals surface area (Å²) in [5, 5.41) is 1.04. The molecule has 3 aromatic rings. The number of halogens is 2. The highest BCUT2D eigenvalue weighted by molar-refractivity contribution is 6.42. The summed E-state index contributed by atoms with van der Waals surface area (Å²) in [7, 11) is 1.85. The van der Waals surface area contributed by atoms with E-state index in [2.05, 4.69) is 14.9 Å². The molecular formula is C29H34Cl2N4O3. The molecule has 1 unspecified atom stereocenters. The Morgan fingerprint density at radius 3 is 2.55 bits per heavy atom. The number of nitrogens with one attached hydrogen (secondary N) is 1. The second kappa shape index (κ2) is 13.3. The van der Waals surface area contributed by atoms with Crippen LogP contribution < -0.4 is 0 Å². The Hall–Kier alpha value is -2.87. The van der Waals surface area contributed by atoms with Crippen LogP contribution in [0.15, 0.2) is 54.7 Å². The number of esters is 1. The number of carbonyl (C=O) groups is 2. The van der Waals surface area contributed by atoms with Crippen LogP contribution in [0, 0.1) is 0 Å². The van der Waals surface area contributed by atoms with Crippen LogP contribution in [-0.4, -0.2) is 71.5 Å². The van der Waals surface area contributed by atoms with Gasteiger partial charge in [-0.3, -0.25) is 4.79 Å². The number of likely N-dealkylation sites (tertiary alicyclic amines) is 1. The summed E-state index contributed by atoms with van der Waals surface area (Å²) in [6.45, 7) is 5.47. The summed E-state index contributed by atoms with van der Waals surface area (Å²) in [6, 6.07) is 15.1. The number of ether oxygens (including phenoxy) is 1. The third-order valence-corrected chi connectivity index (χ3v) is 7.87. The number of imidazole rings is 1. The lowest BCUT2D eigenvalue weighted by atomic mass is 9.92. The van der Waals surface area contributed by atoms with Crippen LogP contribution in [0.3, 0.4) is 0 Å². The molecule has 0 bridgehead atoms. The molecule has 0 aliphatic carbocycles. The van der Waals surface area contributed by atoms with E-state index < -0.39 is 5.97 Å². The first kappa shape index (κ1) is 28.1. The number of benzene rings is 2.